The lowest BCUT2D eigenvalue weighted by molar-refractivity contribution is 0.0714. The maximum absolute atomic E-state index is 12.5. The van der Waals surface area contributed by atoms with Crippen LogP contribution >= 0.6 is 0 Å². The third-order valence-corrected chi connectivity index (χ3v) is 3.41. The fraction of sp³-hybridized carbons (Fsp3) is 0.375. The summed E-state index contributed by atoms with van der Waals surface area (Å²) in [7, 11) is 0. The molecule has 21 heavy (non-hydrogen) atoms. The minimum Gasteiger partial charge on any atom is -0.395 e. The van der Waals surface area contributed by atoms with Crippen LogP contribution in [0.5, 0.6) is 0 Å². The minimum absolute atomic E-state index is 0.0900. The summed E-state index contributed by atoms with van der Waals surface area (Å²) in [4.78, 5) is 29.1. The van der Waals surface area contributed by atoms with Gasteiger partial charge in [-0.15, -0.1) is 0 Å². The molecule has 1 aromatic heterocycles. The highest BCUT2D eigenvalue weighted by Gasteiger charge is 2.16. The zero-order valence-electron chi connectivity index (χ0n) is 12.1. The number of carbonyl (C=O) groups excluding carboxylic acids is 1. The topological polar surface area (TPSA) is 73.4 Å². The Hall–Kier alpha value is -2.14. The molecule has 0 aliphatic heterocycles. The molecule has 2 aromatic rings. The first-order valence-corrected chi connectivity index (χ1v) is 7.19. The first-order chi connectivity index (χ1) is 10.2. The molecule has 2 N–H and O–H groups in total. The van der Waals surface area contributed by atoms with Gasteiger partial charge in [0.25, 0.3) is 5.91 Å². The summed E-state index contributed by atoms with van der Waals surface area (Å²) in [5.41, 5.74) is 0.739. The maximum Gasteiger partial charge on any atom is 0.270 e. The predicted octanol–water partition coefficient (Wildman–Crippen LogP) is 1.76. The first-order valence-electron chi connectivity index (χ1n) is 7.19. The summed E-state index contributed by atoms with van der Waals surface area (Å²) in [5.74, 6) is -0.250. The van der Waals surface area contributed by atoms with Crippen LogP contribution in [0.15, 0.2) is 35.1 Å². The number of aliphatic hydroxyl groups excluding tert-OH is 1. The van der Waals surface area contributed by atoms with Gasteiger partial charge in [-0.2, -0.15) is 0 Å². The van der Waals surface area contributed by atoms with E-state index in [0.717, 1.165) is 12.8 Å². The number of benzene rings is 1. The number of carbonyl (C=O) groups is 1. The van der Waals surface area contributed by atoms with Crippen molar-refractivity contribution in [1.29, 1.82) is 0 Å². The molecule has 112 valence electrons. The molecule has 0 bridgehead atoms. The van der Waals surface area contributed by atoms with Crippen LogP contribution in [-0.2, 0) is 0 Å². The van der Waals surface area contributed by atoms with Crippen molar-refractivity contribution in [3.05, 3.63) is 46.2 Å². The van der Waals surface area contributed by atoms with Crippen LogP contribution in [0.3, 0.4) is 0 Å². The number of hydrogen-bond donors (Lipinski definition) is 2. The summed E-state index contributed by atoms with van der Waals surface area (Å²) in [6, 6.07) is 8.44. The average Bonchev–Trinajstić information content (AvgIpc) is 2.50. The summed E-state index contributed by atoms with van der Waals surface area (Å²) in [5, 5.41) is 9.66. The molecule has 0 unspecified atom stereocenters. The van der Waals surface area contributed by atoms with E-state index in [9.17, 15) is 9.59 Å². The van der Waals surface area contributed by atoms with Gasteiger partial charge in [0.05, 0.1) is 6.61 Å². The van der Waals surface area contributed by atoms with E-state index in [1.807, 2.05) is 13.0 Å². The number of unbranched alkanes of at least 4 members (excludes halogenated alkanes) is 1. The van der Waals surface area contributed by atoms with Crippen molar-refractivity contribution < 1.29 is 9.90 Å². The number of fused-ring (bicyclic) bond motifs is 1. The molecule has 1 aromatic carbocycles. The summed E-state index contributed by atoms with van der Waals surface area (Å²) >= 11 is 0. The van der Waals surface area contributed by atoms with Crippen molar-refractivity contribution in [2.24, 2.45) is 0 Å². The molecule has 1 amide bonds. The Bertz CT molecular complexity index is 679. The number of nitrogens with zero attached hydrogens (tertiary/aromatic N) is 1. The van der Waals surface area contributed by atoms with Gasteiger partial charge >= 0.3 is 0 Å². The Balaban J connectivity index is 2.35. The Kier molecular flexibility index (Phi) is 5.11. The van der Waals surface area contributed by atoms with Gasteiger partial charge in [-0.1, -0.05) is 25.5 Å². The molecule has 0 saturated carbocycles. The number of hydrogen-bond acceptors (Lipinski definition) is 3. The highest BCUT2D eigenvalue weighted by atomic mass is 16.3. The molecule has 0 spiro atoms. The quantitative estimate of drug-likeness (QED) is 0.850. The third kappa shape index (κ3) is 3.49. The number of aliphatic hydroxyl groups is 1. The fourth-order valence-corrected chi connectivity index (χ4v) is 2.27. The van der Waals surface area contributed by atoms with Gasteiger partial charge in [0.15, 0.2) is 5.43 Å². The van der Waals surface area contributed by atoms with E-state index in [4.69, 9.17) is 5.11 Å². The van der Waals surface area contributed by atoms with Crippen LogP contribution in [0.1, 0.15) is 30.3 Å². The Morgan fingerprint density at radius 1 is 1.29 bits per heavy atom. The van der Waals surface area contributed by atoms with Crippen LogP contribution in [0.25, 0.3) is 10.9 Å². The number of pyridine rings is 1. The number of H-pyrrole nitrogens is 1. The van der Waals surface area contributed by atoms with Gasteiger partial charge in [0.2, 0.25) is 0 Å². The summed E-state index contributed by atoms with van der Waals surface area (Å²) in [6.07, 6.45) is 1.83. The van der Waals surface area contributed by atoms with Gasteiger partial charge in [0, 0.05) is 30.1 Å². The third-order valence-electron chi connectivity index (χ3n) is 3.41. The molecular weight excluding hydrogens is 268 g/mol. The number of amides is 1. The summed E-state index contributed by atoms with van der Waals surface area (Å²) in [6.45, 7) is 2.80. The Morgan fingerprint density at radius 3 is 2.76 bits per heavy atom. The Morgan fingerprint density at radius 2 is 2.05 bits per heavy atom. The highest BCUT2D eigenvalue weighted by molar-refractivity contribution is 5.94. The van der Waals surface area contributed by atoms with Crippen LogP contribution in [0, 0.1) is 0 Å². The van der Waals surface area contributed by atoms with E-state index in [0.29, 0.717) is 17.4 Å². The van der Waals surface area contributed by atoms with E-state index in [1.165, 1.54) is 6.07 Å². The molecule has 2 rings (SSSR count). The lowest BCUT2D eigenvalue weighted by atomic mass is 10.2. The van der Waals surface area contributed by atoms with Gasteiger partial charge in [-0.3, -0.25) is 9.59 Å². The van der Waals surface area contributed by atoms with Crippen LogP contribution in [0.2, 0.25) is 0 Å². The summed E-state index contributed by atoms with van der Waals surface area (Å²) < 4.78 is 0. The van der Waals surface area contributed by atoms with E-state index >= 15 is 0 Å². The van der Waals surface area contributed by atoms with Crippen molar-refractivity contribution in [2.75, 3.05) is 19.7 Å². The van der Waals surface area contributed by atoms with E-state index < -0.39 is 0 Å². The van der Waals surface area contributed by atoms with Gasteiger partial charge in [-0.05, 0) is 18.6 Å². The number of rotatable bonds is 6. The molecule has 0 fully saturated rings. The smallest absolute Gasteiger partial charge is 0.270 e. The van der Waals surface area contributed by atoms with Crippen molar-refractivity contribution in [2.45, 2.75) is 19.8 Å². The number of aromatic nitrogens is 1. The van der Waals surface area contributed by atoms with Gasteiger partial charge in [-0.25, -0.2) is 0 Å². The molecule has 0 saturated heterocycles. The Labute approximate surface area is 123 Å². The van der Waals surface area contributed by atoms with Crippen LogP contribution < -0.4 is 5.43 Å². The SMILES string of the molecule is CCCCN(CCO)C(=O)c1cc(=O)c2ccccc2[nH]1. The number of para-hydroxylation sites is 1. The number of aromatic amines is 1. The van der Waals surface area contributed by atoms with E-state index in [1.54, 1.807) is 23.1 Å². The van der Waals surface area contributed by atoms with Gasteiger partial charge < -0.3 is 15.0 Å². The monoisotopic (exact) mass is 288 g/mol. The predicted molar refractivity (Wildman–Crippen MR) is 82.5 cm³/mol. The minimum atomic E-state index is -0.250. The largest absolute Gasteiger partial charge is 0.395 e. The molecule has 5 nitrogen and oxygen atoms in total. The lowest BCUT2D eigenvalue weighted by Gasteiger charge is -2.21. The zero-order valence-corrected chi connectivity index (χ0v) is 12.1. The molecular formula is C16H20N2O3. The maximum atomic E-state index is 12.5. The number of nitrogens with one attached hydrogen (secondary N) is 1. The van der Waals surface area contributed by atoms with E-state index in [2.05, 4.69) is 4.98 Å². The lowest BCUT2D eigenvalue weighted by Crippen LogP contribution is -2.35. The standard InChI is InChI=1S/C16H20N2O3/c1-2-3-8-18(9-10-19)16(21)14-11-15(20)12-6-4-5-7-13(12)17-14/h4-7,11,19H,2-3,8-10H2,1H3,(H,17,20). The second-order valence-corrected chi connectivity index (χ2v) is 4.96. The molecule has 0 aliphatic rings. The molecule has 5 heteroatoms. The van der Waals surface area contributed by atoms with Crippen molar-refractivity contribution in [1.82, 2.24) is 9.88 Å². The second-order valence-electron chi connectivity index (χ2n) is 4.96. The normalized spacial score (nSPS) is 10.8. The van der Waals surface area contributed by atoms with Crippen molar-refractivity contribution >= 4 is 16.8 Å². The van der Waals surface area contributed by atoms with E-state index in [-0.39, 0.29) is 30.2 Å². The van der Waals surface area contributed by atoms with Crippen LogP contribution in [0.4, 0.5) is 0 Å². The molecule has 0 atom stereocenters. The molecule has 0 aliphatic carbocycles. The van der Waals surface area contributed by atoms with Gasteiger partial charge in [0.1, 0.15) is 5.69 Å². The fourth-order valence-electron chi connectivity index (χ4n) is 2.27. The highest BCUT2D eigenvalue weighted by Crippen LogP contribution is 2.09. The van der Waals surface area contributed by atoms with Crippen molar-refractivity contribution in [3.8, 4) is 0 Å². The average molecular weight is 288 g/mol. The van der Waals surface area contributed by atoms with Crippen LogP contribution in [-0.4, -0.2) is 40.6 Å². The zero-order chi connectivity index (χ0) is 15.2. The molecule has 0 radical (unpaired) electrons. The second kappa shape index (κ2) is 7.04. The first kappa shape index (κ1) is 15.3. The molecule has 1 heterocycles. The van der Waals surface area contributed by atoms with Crippen molar-refractivity contribution in [3.63, 3.8) is 0 Å².